The number of hydrogen-bond acceptors (Lipinski definition) is 2. The lowest BCUT2D eigenvalue weighted by Crippen LogP contribution is -2.19. The Bertz CT molecular complexity index is 3120. The molecule has 0 aliphatic heterocycles. The molecule has 0 fully saturated rings. The molecule has 0 saturated heterocycles. The van der Waals surface area contributed by atoms with E-state index in [2.05, 4.69) is 198 Å². The van der Waals surface area contributed by atoms with Crippen LogP contribution in [0.1, 0.15) is 74.9 Å². The lowest BCUT2D eigenvalue weighted by Gasteiger charge is -2.31. The van der Waals surface area contributed by atoms with Crippen LogP contribution in [0.25, 0.3) is 66.1 Å². The van der Waals surface area contributed by atoms with E-state index in [0.717, 1.165) is 16.6 Å². The van der Waals surface area contributed by atoms with Crippen LogP contribution in [0.3, 0.4) is 0 Å². The molecule has 12 rings (SSSR count). The van der Waals surface area contributed by atoms with Gasteiger partial charge in [-0.25, -0.2) is 0 Å². The van der Waals surface area contributed by atoms with Gasteiger partial charge in [-0.1, -0.05) is 157 Å². The molecule has 274 valence electrons. The van der Waals surface area contributed by atoms with Crippen molar-refractivity contribution >= 4 is 49.8 Å². The number of benzene rings is 8. The third kappa shape index (κ3) is 4.10. The highest BCUT2D eigenvalue weighted by Gasteiger charge is 2.43. The van der Waals surface area contributed by atoms with Gasteiger partial charge in [-0.3, -0.25) is 0 Å². The molecule has 8 aromatic carbocycles. The lowest BCUT2D eigenvalue weighted by molar-refractivity contribution is 0.659. The zero-order valence-electron chi connectivity index (χ0n) is 33.3. The Morgan fingerprint density at radius 1 is 0.404 bits per heavy atom. The molecule has 0 radical (unpaired) electrons. The van der Waals surface area contributed by atoms with Crippen LogP contribution in [0, 0.1) is 0 Å². The lowest BCUT2D eigenvalue weighted by atomic mass is 9.79. The van der Waals surface area contributed by atoms with Crippen molar-refractivity contribution in [3.8, 4) is 33.4 Å². The Kier molecular flexibility index (Phi) is 6.29. The molecule has 0 amide bonds. The third-order valence-electron chi connectivity index (χ3n) is 14.0. The molecule has 1 heterocycles. The number of fused-ring (bicyclic) bond motifs is 16. The first kappa shape index (κ1) is 32.8. The van der Waals surface area contributed by atoms with Crippen LogP contribution in [0.15, 0.2) is 156 Å². The van der Waals surface area contributed by atoms with E-state index in [4.69, 9.17) is 4.42 Å². The Labute approximate surface area is 334 Å². The number of hydrogen-bond donors (Lipinski definition) is 0. The maximum absolute atomic E-state index is 6.77. The number of para-hydroxylation sites is 1. The van der Waals surface area contributed by atoms with Crippen LogP contribution in [-0.4, -0.2) is 0 Å². The summed E-state index contributed by atoms with van der Waals surface area (Å²) in [7, 11) is 0. The van der Waals surface area contributed by atoms with E-state index in [1.165, 1.54) is 100.0 Å². The Morgan fingerprint density at radius 2 is 0.912 bits per heavy atom. The molecule has 0 atom stereocenters. The molecule has 0 unspecified atom stereocenters. The molecule has 2 heteroatoms. The molecule has 3 aliphatic carbocycles. The first-order valence-corrected chi connectivity index (χ1v) is 20.4. The van der Waals surface area contributed by atoms with Crippen molar-refractivity contribution in [2.45, 2.75) is 57.8 Å². The van der Waals surface area contributed by atoms with Gasteiger partial charge in [0.05, 0.1) is 5.69 Å². The van der Waals surface area contributed by atoms with Crippen molar-refractivity contribution in [3.05, 3.63) is 185 Å². The van der Waals surface area contributed by atoms with Crippen molar-refractivity contribution < 1.29 is 4.42 Å². The van der Waals surface area contributed by atoms with E-state index >= 15 is 0 Å². The van der Waals surface area contributed by atoms with Gasteiger partial charge in [-0.15, -0.1) is 0 Å². The number of rotatable bonds is 3. The highest BCUT2D eigenvalue weighted by Crippen LogP contribution is 2.61. The summed E-state index contributed by atoms with van der Waals surface area (Å²) >= 11 is 0. The van der Waals surface area contributed by atoms with Gasteiger partial charge in [0.2, 0.25) is 0 Å². The SMILES string of the molecule is CC1(C)c2ccccc2-c2ccc(N(c3ccc4c(c3)C(C)(C)c3ccccc3-4)c3cccc4c3-c3c(c5c6ccccc6oc5c5ccccc35)C4(C)C)cc21. The molecule has 9 aromatic rings. The zero-order chi connectivity index (χ0) is 38.6. The van der Waals surface area contributed by atoms with Gasteiger partial charge >= 0.3 is 0 Å². The van der Waals surface area contributed by atoms with Gasteiger partial charge < -0.3 is 9.32 Å². The van der Waals surface area contributed by atoms with E-state index in [1.807, 2.05) is 0 Å². The molecule has 0 N–H and O–H groups in total. The summed E-state index contributed by atoms with van der Waals surface area (Å²) < 4.78 is 6.77. The normalized spacial score (nSPS) is 16.0. The molecule has 2 nitrogen and oxygen atoms in total. The van der Waals surface area contributed by atoms with Gasteiger partial charge in [0, 0.05) is 49.3 Å². The Balaban J connectivity index is 1.18. The zero-order valence-corrected chi connectivity index (χ0v) is 33.3. The third-order valence-corrected chi connectivity index (χ3v) is 14.0. The van der Waals surface area contributed by atoms with Gasteiger partial charge in [0.25, 0.3) is 0 Å². The fourth-order valence-corrected chi connectivity index (χ4v) is 11.3. The van der Waals surface area contributed by atoms with Crippen molar-refractivity contribution in [2.75, 3.05) is 4.90 Å². The highest BCUT2D eigenvalue weighted by molar-refractivity contribution is 6.24. The quantitative estimate of drug-likeness (QED) is 0.180. The largest absolute Gasteiger partial charge is 0.455 e. The van der Waals surface area contributed by atoms with E-state index in [9.17, 15) is 0 Å². The molecule has 1 aromatic heterocycles. The summed E-state index contributed by atoms with van der Waals surface area (Å²) in [4.78, 5) is 2.56. The average molecular weight is 734 g/mol. The second-order valence-corrected chi connectivity index (χ2v) is 18.1. The maximum atomic E-state index is 6.77. The fourth-order valence-electron chi connectivity index (χ4n) is 11.3. The van der Waals surface area contributed by atoms with E-state index in [-0.39, 0.29) is 16.2 Å². The molecule has 57 heavy (non-hydrogen) atoms. The van der Waals surface area contributed by atoms with Gasteiger partial charge in [0.15, 0.2) is 0 Å². The summed E-state index contributed by atoms with van der Waals surface area (Å²) in [6.45, 7) is 14.3. The van der Waals surface area contributed by atoms with Crippen molar-refractivity contribution in [2.24, 2.45) is 0 Å². The minimum atomic E-state index is -0.287. The highest BCUT2D eigenvalue weighted by atomic mass is 16.3. The minimum Gasteiger partial charge on any atom is -0.455 e. The predicted octanol–water partition coefficient (Wildman–Crippen LogP) is 15.1. The number of anilines is 3. The van der Waals surface area contributed by atoms with Crippen molar-refractivity contribution in [1.82, 2.24) is 0 Å². The van der Waals surface area contributed by atoms with Gasteiger partial charge in [-0.05, 0) is 103 Å². The van der Waals surface area contributed by atoms with Crippen LogP contribution in [0.2, 0.25) is 0 Å². The standard InChI is InChI=1S/C55H43NO/c1-53(2)41-21-12-9-16-34(41)36-28-26-32(30-44(36)53)56(33-27-29-37-35-17-10-13-22-42(35)54(3,4)45(37)31-33)46-24-15-23-43-50(46)48-38-18-7-8-19-39(38)52-49(51(48)55(43,5)6)40-20-11-14-25-47(40)57-52/h7-31H,1-6H3. The minimum absolute atomic E-state index is 0.132. The topological polar surface area (TPSA) is 16.4 Å². The second-order valence-electron chi connectivity index (χ2n) is 18.1. The molecule has 0 spiro atoms. The van der Waals surface area contributed by atoms with E-state index in [1.54, 1.807) is 0 Å². The Hall–Kier alpha value is -6.38. The molecular formula is C55H43NO. The molecule has 3 aliphatic rings. The van der Waals surface area contributed by atoms with Crippen molar-refractivity contribution in [3.63, 3.8) is 0 Å². The molecule has 0 bridgehead atoms. The smallest absolute Gasteiger partial charge is 0.143 e. The van der Waals surface area contributed by atoms with Gasteiger partial charge in [0.1, 0.15) is 11.2 Å². The van der Waals surface area contributed by atoms with Crippen LogP contribution in [0.4, 0.5) is 17.1 Å². The predicted molar refractivity (Wildman–Crippen MR) is 239 cm³/mol. The summed E-state index contributed by atoms with van der Waals surface area (Å²) in [5.41, 5.74) is 21.0. The maximum Gasteiger partial charge on any atom is 0.143 e. The fraction of sp³-hybridized carbons (Fsp3) is 0.164. The Morgan fingerprint density at radius 3 is 1.54 bits per heavy atom. The number of furan rings is 1. The van der Waals surface area contributed by atoms with Crippen molar-refractivity contribution in [1.29, 1.82) is 0 Å². The van der Waals surface area contributed by atoms with Crippen LogP contribution < -0.4 is 4.90 Å². The second kappa shape index (κ2) is 10.9. The van der Waals surface area contributed by atoms with E-state index < -0.39 is 0 Å². The average Bonchev–Trinajstić information content (AvgIpc) is 3.88. The molecule has 0 saturated carbocycles. The number of nitrogens with zero attached hydrogens (tertiary/aromatic N) is 1. The molecular weight excluding hydrogens is 691 g/mol. The summed E-state index contributed by atoms with van der Waals surface area (Å²) in [6, 6.07) is 56.8. The van der Waals surface area contributed by atoms with Crippen LogP contribution >= 0.6 is 0 Å². The monoisotopic (exact) mass is 733 g/mol. The summed E-state index contributed by atoms with van der Waals surface area (Å²) in [6.07, 6.45) is 0. The van der Waals surface area contributed by atoms with Crippen LogP contribution in [-0.2, 0) is 16.2 Å². The summed E-state index contributed by atoms with van der Waals surface area (Å²) in [5, 5.41) is 4.79. The van der Waals surface area contributed by atoms with Gasteiger partial charge in [-0.2, -0.15) is 0 Å². The van der Waals surface area contributed by atoms with E-state index in [0.29, 0.717) is 0 Å². The first-order chi connectivity index (χ1) is 27.6. The van der Waals surface area contributed by atoms with Crippen LogP contribution in [0.5, 0.6) is 0 Å². The first-order valence-electron chi connectivity index (χ1n) is 20.4. The summed E-state index contributed by atoms with van der Waals surface area (Å²) in [5.74, 6) is 0.